The molecule has 4 heteroatoms. The minimum Gasteiger partial charge on any atom is -0.379 e. The smallest absolute Gasteiger partial charge is 0.123 e. The highest BCUT2D eigenvalue weighted by molar-refractivity contribution is 9.10. The first-order chi connectivity index (χ1) is 10.2. The van der Waals surface area contributed by atoms with Crippen LogP contribution in [0.5, 0.6) is 0 Å². The highest BCUT2D eigenvalue weighted by Crippen LogP contribution is 2.29. The van der Waals surface area contributed by atoms with Crippen molar-refractivity contribution in [3.8, 4) is 0 Å². The Labute approximate surface area is 133 Å². The van der Waals surface area contributed by atoms with Crippen LogP contribution >= 0.6 is 15.9 Å². The maximum atomic E-state index is 13.3. The van der Waals surface area contributed by atoms with Gasteiger partial charge in [-0.15, -0.1) is 0 Å². The second-order valence-corrected chi connectivity index (χ2v) is 6.15. The van der Waals surface area contributed by atoms with Crippen molar-refractivity contribution < 1.29 is 4.39 Å². The van der Waals surface area contributed by atoms with E-state index in [0.29, 0.717) is 6.54 Å². The summed E-state index contributed by atoms with van der Waals surface area (Å²) in [6, 6.07) is 13.1. The van der Waals surface area contributed by atoms with Gasteiger partial charge in [-0.25, -0.2) is 4.39 Å². The van der Waals surface area contributed by atoms with Crippen molar-refractivity contribution in [1.82, 2.24) is 0 Å². The van der Waals surface area contributed by atoms with E-state index in [4.69, 9.17) is 0 Å². The van der Waals surface area contributed by atoms with Gasteiger partial charge in [0.25, 0.3) is 0 Å². The minimum absolute atomic E-state index is 0.206. The van der Waals surface area contributed by atoms with Crippen LogP contribution in [0.4, 0.5) is 15.8 Å². The number of hydrogen-bond donors (Lipinski definition) is 1. The summed E-state index contributed by atoms with van der Waals surface area (Å²) in [5, 5.41) is 3.44. The SMILES string of the molecule is Fc1ccc(Br)c(CNc2ccccc2N2CCCC2)c1. The van der Waals surface area contributed by atoms with E-state index in [1.54, 1.807) is 12.1 Å². The lowest BCUT2D eigenvalue weighted by molar-refractivity contribution is 0.625. The van der Waals surface area contributed by atoms with Gasteiger partial charge in [-0.2, -0.15) is 0 Å². The molecule has 0 spiro atoms. The molecule has 0 amide bonds. The fourth-order valence-electron chi connectivity index (χ4n) is 2.73. The summed E-state index contributed by atoms with van der Waals surface area (Å²) in [6.45, 7) is 2.83. The average molecular weight is 349 g/mol. The van der Waals surface area contributed by atoms with Gasteiger partial charge in [-0.05, 0) is 48.7 Å². The monoisotopic (exact) mass is 348 g/mol. The van der Waals surface area contributed by atoms with Crippen LogP contribution in [0, 0.1) is 5.82 Å². The molecule has 110 valence electrons. The highest BCUT2D eigenvalue weighted by Gasteiger charge is 2.15. The predicted octanol–water partition coefficient (Wildman–Crippen LogP) is 4.80. The lowest BCUT2D eigenvalue weighted by atomic mass is 10.2. The maximum Gasteiger partial charge on any atom is 0.123 e. The molecule has 0 unspecified atom stereocenters. The van der Waals surface area contributed by atoms with E-state index in [1.165, 1.54) is 24.6 Å². The average Bonchev–Trinajstić information content (AvgIpc) is 3.03. The molecule has 0 atom stereocenters. The fourth-order valence-corrected chi connectivity index (χ4v) is 3.11. The van der Waals surface area contributed by atoms with Crippen molar-refractivity contribution in [2.45, 2.75) is 19.4 Å². The standard InChI is InChI=1S/C17H18BrFN2/c18-15-8-7-14(19)11-13(15)12-20-16-5-1-2-6-17(16)21-9-3-4-10-21/h1-2,5-8,11,20H,3-4,9-10,12H2. The van der Waals surface area contributed by atoms with Crippen LogP contribution in [-0.4, -0.2) is 13.1 Å². The van der Waals surface area contributed by atoms with Gasteiger partial charge in [0.15, 0.2) is 0 Å². The van der Waals surface area contributed by atoms with Crippen LogP contribution in [0.15, 0.2) is 46.9 Å². The van der Waals surface area contributed by atoms with Gasteiger partial charge in [0.05, 0.1) is 11.4 Å². The number of halogens is 2. The van der Waals surface area contributed by atoms with E-state index in [2.05, 4.69) is 44.3 Å². The van der Waals surface area contributed by atoms with E-state index >= 15 is 0 Å². The zero-order valence-electron chi connectivity index (χ0n) is 11.8. The van der Waals surface area contributed by atoms with Crippen molar-refractivity contribution in [2.75, 3.05) is 23.3 Å². The first-order valence-corrected chi connectivity index (χ1v) is 8.05. The van der Waals surface area contributed by atoms with Gasteiger partial charge in [0, 0.05) is 24.1 Å². The van der Waals surface area contributed by atoms with Gasteiger partial charge in [0.1, 0.15) is 5.82 Å². The third kappa shape index (κ3) is 3.38. The van der Waals surface area contributed by atoms with Crippen LogP contribution in [-0.2, 0) is 6.54 Å². The first-order valence-electron chi connectivity index (χ1n) is 7.26. The number of rotatable bonds is 4. The molecule has 2 aromatic rings. The summed E-state index contributed by atoms with van der Waals surface area (Å²) in [5.74, 6) is -0.206. The Morgan fingerprint density at radius 2 is 1.86 bits per heavy atom. The third-order valence-corrected chi connectivity index (χ3v) is 4.60. The summed E-state index contributed by atoms with van der Waals surface area (Å²) in [5.41, 5.74) is 3.27. The van der Waals surface area contributed by atoms with Gasteiger partial charge < -0.3 is 10.2 Å². The molecular weight excluding hydrogens is 331 g/mol. The summed E-state index contributed by atoms with van der Waals surface area (Å²) in [7, 11) is 0. The summed E-state index contributed by atoms with van der Waals surface area (Å²) < 4.78 is 14.3. The predicted molar refractivity (Wildman–Crippen MR) is 89.3 cm³/mol. The van der Waals surface area contributed by atoms with Crippen molar-refractivity contribution >= 4 is 27.3 Å². The number of para-hydroxylation sites is 2. The molecule has 0 radical (unpaired) electrons. The normalized spacial score (nSPS) is 14.5. The van der Waals surface area contributed by atoms with Crippen LogP contribution in [0.2, 0.25) is 0 Å². The summed E-state index contributed by atoms with van der Waals surface area (Å²) in [4.78, 5) is 2.41. The fraction of sp³-hybridized carbons (Fsp3) is 0.294. The molecule has 0 saturated carbocycles. The molecule has 1 saturated heterocycles. The lowest BCUT2D eigenvalue weighted by Gasteiger charge is -2.22. The quantitative estimate of drug-likeness (QED) is 0.853. The van der Waals surface area contributed by atoms with Crippen molar-refractivity contribution in [3.63, 3.8) is 0 Å². The Morgan fingerprint density at radius 1 is 1.10 bits per heavy atom. The summed E-state index contributed by atoms with van der Waals surface area (Å²) >= 11 is 3.47. The molecule has 1 heterocycles. The zero-order valence-corrected chi connectivity index (χ0v) is 13.4. The van der Waals surface area contributed by atoms with E-state index in [-0.39, 0.29) is 5.82 Å². The molecule has 3 rings (SSSR count). The molecule has 2 nitrogen and oxygen atoms in total. The summed E-state index contributed by atoms with van der Waals surface area (Å²) in [6.07, 6.45) is 2.51. The second kappa shape index (κ2) is 6.48. The minimum atomic E-state index is -0.206. The van der Waals surface area contributed by atoms with E-state index in [1.807, 2.05) is 6.07 Å². The van der Waals surface area contributed by atoms with Gasteiger partial charge in [0.2, 0.25) is 0 Å². The Balaban J connectivity index is 1.77. The van der Waals surface area contributed by atoms with Crippen molar-refractivity contribution in [3.05, 3.63) is 58.3 Å². The Bertz CT molecular complexity index is 624. The van der Waals surface area contributed by atoms with Crippen LogP contribution in [0.3, 0.4) is 0 Å². The molecule has 1 aliphatic rings. The van der Waals surface area contributed by atoms with E-state index in [0.717, 1.165) is 28.8 Å². The van der Waals surface area contributed by atoms with Crippen molar-refractivity contribution in [2.24, 2.45) is 0 Å². The zero-order chi connectivity index (χ0) is 14.7. The molecule has 0 aliphatic carbocycles. The van der Waals surface area contributed by atoms with Crippen LogP contribution in [0.25, 0.3) is 0 Å². The topological polar surface area (TPSA) is 15.3 Å². The van der Waals surface area contributed by atoms with Crippen LogP contribution in [0.1, 0.15) is 18.4 Å². The largest absolute Gasteiger partial charge is 0.379 e. The molecule has 1 N–H and O–H groups in total. The number of hydrogen-bond acceptors (Lipinski definition) is 2. The third-order valence-electron chi connectivity index (χ3n) is 3.83. The highest BCUT2D eigenvalue weighted by atomic mass is 79.9. The number of benzene rings is 2. The molecule has 0 aromatic heterocycles. The Morgan fingerprint density at radius 3 is 2.67 bits per heavy atom. The first kappa shape index (κ1) is 14.4. The number of nitrogens with one attached hydrogen (secondary N) is 1. The van der Waals surface area contributed by atoms with Gasteiger partial charge in [-0.3, -0.25) is 0 Å². The van der Waals surface area contributed by atoms with E-state index < -0.39 is 0 Å². The number of anilines is 2. The maximum absolute atomic E-state index is 13.3. The number of nitrogens with zero attached hydrogens (tertiary/aromatic N) is 1. The van der Waals surface area contributed by atoms with Crippen LogP contribution < -0.4 is 10.2 Å². The molecule has 21 heavy (non-hydrogen) atoms. The van der Waals surface area contributed by atoms with Gasteiger partial charge in [-0.1, -0.05) is 28.1 Å². The van der Waals surface area contributed by atoms with Gasteiger partial charge >= 0.3 is 0 Å². The molecule has 1 aliphatic heterocycles. The molecule has 0 bridgehead atoms. The Kier molecular flexibility index (Phi) is 4.44. The molecule has 1 fully saturated rings. The molecular formula is C17H18BrFN2. The van der Waals surface area contributed by atoms with E-state index in [9.17, 15) is 4.39 Å². The Hall–Kier alpha value is -1.55. The molecule has 2 aromatic carbocycles. The second-order valence-electron chi connectivity index (χ2n) is 5.30. The van der Waals surface area contributed by atoms with Crippen molar-refractivity contribution in [1.29, 1.82) is 0 Å². The lowest BCUT2D eigenvalue weighted by Crippen LogP contribution is -2.19.